The second-order valence-electron chi connectivity index (χ2n) is 7.57. The number of rotatable bonds is 11. The quantitative estimate of drug-likeness (QED) is 0.210. The standard InChI is InChI=1S/C25H34N6O2/c1-6-18-9-10-19(15-23(18)29-24(32)22(7-2)30-25(26)33-5)20-11-12-21(28-16-20)17-27-13-14-31(4)8-3/h2,9-12,15-16,22,27H,6,8,13-14,17H2,1,3-5H3,(H2,26,30)(H,29,32). The minimum Gasteiger partial charge on any atom is -0.469 e. The summed E-state index contributed by atoms with van der Waals surface area (Å²) >= 11 is 0. The first-order valence-corrected chi connectivity index (χ1v) is 11.0. The number of terminal acetylenes is 1. The number of nitrogens with two attached hydrogens (primary N) is 1. The van der Waals surface area contributed by atoms with Crippen LogP contribution in [0.4, 0.5) is 5.69 Å². The van der Waals surface area contributed by atoms with Gasteiger partial charge >= 0.3 is 0 Å². The molecule has 0 aliphatic rings. The zero-order valence-electron chi connectivity index (χ0n) is 19.9. The molecule has 0 spiro atoms. The fraction of sp³-hybridized carbons (Fsp3) is 0.400. The number of nitrogens with zero attached hydrogens (tertiary/aromatic N) is 3. The number of pyridine rings is 1. The fourth-order valence-corrected chi connectivity index (χ4v) is 3.08. The summed E-state index contributed by atoms with van der Waals surface area (Å²) in [6.07, 6.45) is 8.05. The molecule has 0 saturated heterocycles. The minimum atomic E-state index is -1.08. The van der Waals surface area contributed by atoms with Gasteiger partial charge in [0.15, 0.2) is 6.04 Å². The van der Waals surface area contributed by atoms with Crippen LogP contribution >= 0.6 is 0 Å². The zero-order valence-corrected chi connectivity index (χ0v) is 19.9. The van der Waals surface area contributed by atoms with Gasteiger partial charge < -0.3 is 26.0 Å². The van der Waals surface area contributed by atoms with Crippen molar-refractivity contribution in [1.29, 1.82) is 0 Å². The molecule has 0 aliphatic carbocycles. The molecule has 33 heavy (non-hydrogen) atoms. The number of aromatic nitrogens is 1. The molecule has 2 aromatic rings. The number of hydrogen-bond donors (Lipinski definition) is 3. The van der Waals surface area contributed by atoms with Gasteiger partial charge in [-0.1, -0.05) is 38.0 Å². The first-order valence-electron chi connectivity index (χ1n) is 11.0. The highest BCUT2D eigenvalue weighted by atomic mass is 16.5. The molecular weight excluding hydrogens is 416 g/mol. The van der Waals surface area contributed by atoms with Gasteiger partial charge in [0.05, 0.1) is 12.8 Å². The van der Waals surface area contributed by atoms with Crippen molar-refractivity contribution < 1.29 is 9.53 Å². The molecule has 0 aliphatic heterocycles. The second-order valence-corrected chi connectivity index (χ2v) is 7.57. The summed E-state index contributed by atoms with van der Waals surface area (Å²) in [5.74, 6) is 1.88. The lowest BCUT2D eigenvalue weighted by molar-refractivity contribution is -0.116. The topological polar surface area (TPSA) is 105 Å². The largest absolute Gasteiger partial charge is 0.469 e. The van der Waals surface area contributed by atoms with Gasteiger partial charge in [0.25, 0.3) is 11.9 Å². The Bertz CT molecular complexity index is 981. The van der Waals surface area contributed by atoms with Crippen LogP contribution in [0.3, 0.4) is 0 Å². The predicted octanol–water partition coefficient (Wildman–Crippen LogP) is 2.25. The Morgan fingerprint density at radius 2 is 2.06 bits per heavy atom. The van der Waals surface area contributed by atoms with E-state index in [0.29, 0.717) is 12.2 Å². The van der Waals surface area contributed by atoms with Crippen LogP contribution < -0.4 is 16.4 Å². The van der Waals surface area contributed by atoms with E-state index >= 15 is 0 Å². The maximum absolute atomic E-state index is 12.6. The SMILES string of the molecule is C#CC(/N=C(/N)OC)C(=O)Nc1cc(-c2ccc(CNCCN(C)CC)nc2)ccc1CC. The lowest BCUT2D eigenvalue weighted by atomic mass is 10.0. The lowest BCUT2D eigenvalue weighted by Gasteiger charge is -2.14. The molecule has 1 atom stereocenters. The second kappa shape index (κ2) is 13.2. The van der Waals surface area contributed by atoms with Crippen molar-refractivity contribution in [3.05, 3.63) is 47.8 Å². The van der Waals surface area contributed by atoms with Crippen LogP contribution in [0, 0.1) is 12.3 Å². The van der Waals surface area contributed by atoms with E-state index in [0.717, 1.165) is 48.4 Å². The normalized spacial score (nSPS) is 12.3. The van der Waals surface area contributed by atoms with Crippen molar-refractivity contribution in [2.45, 2.75) is 32.9 Å². The molecule has 8 heteroatoms. The molecule has 1 aromatic carbocycles. The van der Waals surface area contributed by atoms with E-state index in [-0.39, 0.29) is 6.02 Å². The molecule has 4 N–H and O–H groups in total. The number of carbonyl (C=O) groups excluding carboxylic acids is 1. The average molecular weight is 451 g/mol. The third kappa shape index (κ3) is 7.90. The van der Waals surface area contributed by atoms with Gasteiger partial charge in [-0.25, -0.2) is 4.99 Å². The average Bonchev–Trinajstić information content (AvgIpc) is 2.84. The Morgan fingerprint density at radius 3 is 2.67 bits per heavy atom. The Labute approximate surface area is 196 Å². The molecule has 1 amide bonds. The van der Waals surface area contributed by atoms with Crippen molar-refractivity contribution in [2.24, 2.45) is 10.7 Å². The molecule has 0 saturated carbocycles. The molecule has 2 rings (SSSR count). The number of carbonyl (C=O) groups is 1. The molecule has 1 unspecified atom stereocenters. The molecule has 0 radical (unpaired) electrons. The predicted molar refractivity (Wildman–Crippen MR) is 134 cm³/mol. The summed E-state index contributed by atoms with van der Waals surface area (Å²) in [5.41, 5.74) is 10.1. The lowest BCUT2D eigenvalue weighted by Crippen LogP contribution is -2.29. The number of aryl methyl sites for hydroxylation is 1. The summed E-state index contributed by atoms with van der Waals surface area (Å²) in [4.78, 5) is 23.4. The van der Waals surface area contributed by atoms with Crippen LogP contribution in [0.5, 0.6) is 0 Å². The van der Waals surface area contributed by atoms with Crippen LogP contribution in [-0.2, 0) is 22.5 Å². The maximum atomic E-state index is 12.6. The monoisotopic (exact) mass is 450 g/mol. The van der Waals surface area contributed by atoms with Crippen LogP contribution in [0.2, 0.25) is 0 Å². The Balaban J connectivity index is 2.12. The molecule has 0 bridgehead atoms. The van der Waals surface area contributed by atoms with E-state index in [2.05, 4.69) is 45.4 Å². The Hall–Kier alpha value is -3.41. The van der Waals surface area contributed by atoms with Crippen LogP contribution in [-0.4, -0.2) is 61.6 Å². The molecule has 0 fully saturated rings. The fourth-order valence-electron chi connectivity index (χ4n) is 3.08. The molecule has 1 heterocycles. The van der Waals surface area contributed by atoms with E-state index < -0.39 is 11.9 Å². The highest BCUT2D eigenvalue weighted by Crippen LogP contribution is 2.26. The van der Waals surface area contributed by atoms with E-state index in [1.165, 1.54) is 7.11 Å². The Kier molecular flexibility index (Phi) is 10.3. The van der Waals surface area contributed by atoms with Crippen LogP contribution in [0.25, 0.3) is 11.1 Å². The van der Waals surface area contributed by atoms with Crippen molar-refractivity contribution in [3.63, 3.8) is 0 Å². The molecule has 1 aromatic heterocycles. The van der Waals surface area contributed by atoms with Crippen molar-refractivity contribution in [2.75, 3.05) is 39.1 Å². The van der Waals surface area contributed by atoms with Gasteiger partial charge in [-0.05, 0) is 43.3 Å². The number of aliphatic imine (C=N–C) groups is 1. The Morgan fingerprint density at radius 1 is 1.30 bits per heavy atom. The number of amidine groups is 1. The third-order valence-electron chi connectivity index (χ3n) is 5.29. The van der Waals surface area contributed by atoms with Crippen molar-refractivity contribution >= 4 is 17.6 Å². The minimum absolute atomic E-state index is 0.143. The summed E-state index contributed by atoms with van der Waals surface area (Å²) in [7, 11) is 3.47. The van der Waals surface area contributed by atoms with Gasteiger partial charge in [0.1, 0.15) is 0 Å². The van der Waals surface area contributed by atoms with E-state index in [4.69, 9.17) is 16.9 Å². The van der Waals surface area contributed by atoms with Gasteiger partial charge in [-0.2, -0.15) is 0 Å². The number of ether oxygens (including phenoxy) is 1. The molecule has 8 nitrogen and oxygen atoms in total. The number of anilines is 1. The smallest absolute Gasteiger partial charge is 0.283 e. The van der Waals surface area contributed by atoms with Gasteiger partial charge in [0.2, 0.25) is 0 Å². The van der Waals surface area contributed by atoms with Crippen molar-refractivity contribution in [1.82, 2.24) is 15.2 Å². The van der Waals surface area contributed by atoms with Gasteiger partial charge in [-0.3, -0.25) is 9.78 Å². The summed E-state index contributed by atoms with van der Waals surface area (Å²) in [6.45, 7) is 7.82. The summed E-state index contributed by atoms with van der Waals surface area (Å²) in [6, 6.07) is 8.74. The number of amides is 1. The number of hydrogen-bond acceptors (Lipinski definition) is 6. The third-order valence-corrected chi connectivity index (χ3v) is 5.29. The van der Waals surface area contributed by atoms with E-state index in [9.17, 15) is 4.79 Å². The van der Waals surface area contributed by atoms with Gasteiger partial charge in [-0.15, -0.1) is 6.42 Å². The van der Waals surface area contributed by atoms with E-state index in [1.54, 1.807) is 0 Å². The van der Waals surface area contributed by atoms with E-state index in [1.807, 2.05) is 43.5 Å². The molecular formula is C25H34N6O2. The summed E-state index contributed by atoms with van der Waals surface area (Å²) < 4.78 is 4.80. The number of benzene rings is 1. The van der Waals surface area contributed by atoms with Gasteiger partial charge in [0, 0.05) is 37.1 Å². The first kappa shape index (κ1) is 25.8. The summed E-state index contributed by atoms with van der Waals surface area (Å²) in [5, 5.41) is 6.29. The van der Waals surface area contributed by atoms with Crippen LogP contribution in [0.1, 0.15) is 25.1 Å². The number of nitrogens with one attached hydrogen (secondary N) is 2. The maximum Gasteiger partial charge on any atom is 0.283 e. The highest BCUT2D eigenvalue weighted by Gasteiger charge is 2.17. The van der Waals surface area contributed by atoms with Crippen molar-refractivity contribution in [3.8, 4) is 23.5 Å². The highest BCUT2D eigenvalue weighted by molar-refractivity contribution is 5.99. The zero-order chi connectivity index (χ0) is 24.2. The first-order chi connectivity index (χ1) is 15.9. The van der Waals surface area contributed by atoms with Crippen LogP contribution in [0.15, 0.2) is 41.5 Å². The number of likely N-dealkylation sites (N-methyl/N-ethyl adjacent to an activating group) is 1. The molecule has 176 valence electrons. The number of methoxy groups -OCH3 is 1.